The molecule has 2 aromatic rings. The van der Waals surface area contributed by atoms with Crippen LogP contribution in [0.3, 0.4) is 0 Å². The number of carbonyl (C=O) groups is 1. The van der Waals surface area contributed by atoms with Crippen molar-refractivity contribution in [2.24, 2.45) is 5.41 Å². The number of rotatable bonds is 7. The molecular formula is C20H21ClF2N2O2. The van der Waals surface area contributed by atoms with Crippen molar-refractivity contribution in [1.82, 2.24) is 10.2 Å². The molecule has 1 saturated heterocycles. The van der Waals surface area contributed by atoms with Crippen LogP contribution in [0.15, 0.2) is 42.5 Å². The van der Waals surface area contributed by atoms with Gasteiger partial charge in [-0.1, -0.05) is 29.8 Å². The number of aliphatic hydroxyl groups is 1. The molecule has 0 unspecified atom stereocenters. The number of likely N-dealkylation sites (tertiary alicyclic amines) is 1. The van der Waals surface area contributed by atoms with E-state index in [4.69, 9.17) is 16.7 Å². The average Bonchev–Trinajstić information content (AvgIpc) is 2.61. The maximum absolute atomic E-state index is 13.9. The van der Waals surface area contributed by atoms with Crippen LogP contribution in [-0.2, 0) is 17.8 Å². The first-order valence-corrected chi connectivity index (χ1v) is 9.09. The van der Waals surface area contributed by atoms with Crippen molar-refractivity contribution in [3.63, 3.8) is 0 Å². The van der Waals surface area contributed by atoms with E-state index < -0.39 is 17.0 Å². The fraction of sp³-hybridized carbons (Fsp3) is 0.350. The molecule has 1 aliphatic rings. The van der Waals surface area contributed by atoms with E-state index in [9.17, 15) is 13.6 Å². The van der Waals surface area contributed by atoms with Gasteiger partial charge in [-0.2, -0.15) is 0 Å². The van der Waals surface area contributed by atoms with E-state index in [1.807, 2.05) is 17.0 Å². The highest BCUT2D eigenvalue weighted by Crippen LogP contribution is 2.36. The van der Waals surface area contributed by atoms with E-state index in [0.717, 1.165) is 11.6 Å². The first kappa shape index (κ1) is 19.7. The van der Waals surface area contributed by atoms with E-state index in [0.29, 0.717) is 36.6 Å². The Balaban J connectivity index is 1.71. The first-order chi connectivity index (χ1) is 12.9. The second-order valence-corrected chi connectivity index (χ2v) is 7.38. The topological polar surface area (TPSA) is 52.6 Å². The van der Waals surface area contributed by atoms with E-state index >= 15 is 0 Å². The monoisotopic (exact) mass is 394 g/mol. The summed E-state index contributed by atoms with van der Waals surface area (Å²) >= 11 is 5.92. The second-order valence-electron chi connectivity index (χ2n) is 6.94. The van der Waals surface area contributed by atoms with Crippen LogP contribution in [0.1, 0.15) is 11.1 Å². The predicted octanol–water partition coefficient (Wildman–Crippen LogP) is 2.77. The Morgan fingerprint density at radius 2 is 1.89 bits per heavy atom. The van der Waals surface area contributed by atoms with Gasteiger partial charge in [0.1, 0.15) is 11.6 Å². The summed E-state index contributed by atoms with van der Waals surface area (Å²) in [6.07, 6.45) is 0.518. The van der Waals surface area contributed by atoms with Crippen LogP contribution in [0.25, 0.3) is 0 Å². The largest absolute Gasteiger partial charge is 0.395 e. The predicted molar refractivity (Wildman–Crippen MR) is 99.3 cm³/mol. The highest BCUT2D eigenvalue weighted by atomic mass is 35.5. The normalized spacial score (nSPS) is 16.0. The number of amides is 1. The standard InChI is InChI=1S/C20H21ClF2N2O2/c21-16-4-1-14(2-5-16)10-20(19(27)24-7-8-26)12-25(13-20)11-15-3-6-17(22)9-18(15)23/h1-6,9,26H,7-8,10-13H2,(H,24,27). The van der Waals surface area contributed by atoms with Crippen molar-refractivity contribution >= 4 is 17.5 Å². The van der Waals surface area contributed by atoms with E-state index in [1.165, 1.54) is 12.1 Å². The fourth-order valence-corrected chi connectivity index (χ4v) is 3.62. The molecule has 144 valence electrons. The quantitative estimate of drug-likeness (QED) is 0.759. The molecular weight excluding hydrogens is 374 g/mol. The minimum atomic E-state index is -0.653. The van der Waals surface area contributed by atoms with Gasteiger partial charge in [0.25, 0.3) is 0 Å². The van der Waals surface area contributed by atoms with E-state index in [-0.39, 0.29) is 19.1 Å². The first-order valence-electron chi connectivity index (χ1n) is 8.72. The number of hydrogen-bond acceptors (Lipinski definition) is 3. The summed E-state index contributed by atoms with van der Waals surface area (Å²) < 4.78 is 26.9. The summed E-state index contributed by atoms with van der Waals surface area (Å²) in [6, 6.07) is 10.8. The van der Waals surface area contributed by atoms with Crippen LogP contribution in [0.2, 0.25) is 5.02 Å². The summed E-state index contributed by atoms with van der Waals surface area (Å²) in [6.45, 7) is 1.26. The number of halogens is 3. The highest BCUT2D eigenvalue weighted by molar-refractivity contribution is 6.30. The van der Waals surface area contributed by atoms with Crippen LogP contribution in [0.5, 0.6) is 0 Å². The number of aliphatic hydroxyl groups excluding tert-OH is 1. The Bertz CT molecular complexity index is 808. The molecule has 0 bridgehead atoms. The molecule has 0 aliphatic carbocycles. The van der Waals surface area contributed by atoms with E-state index in [1.54, 1.807) is 12.1 Å². The maximum atomic E-state index is 13.9. The van der Waals surface area contributed by atoms with Crippen molar-refractivity contribution < 1.29 is 18.7 Å². The number of nitrogens with one attached hydrogen (secondary N) is 1. The SMILES string of the molecule is O=C(NCCO)C1(Cc2ccc(Cl)cc2)CN(Cc2ccc(F)cc2F)C1. The third-order valence-electron chi connectivity index (χ3n) is 4.80. The lowest BCUT2D eigenvalue weighted by molar-refractivity contribution is -0.142. The van der Waals surface area contributed by atoms with Gasteiger partial charge < -0.3 is 10.4 Å². The number of hydrogen-bond donors (Lipinski definition) is 2. The fourth-order valence-electron chi connectivity index (χ4n) is 3.50. The molecule has 0 aromatic heterocycles. The molecule has 0 atom stereocenters. The molecule has 7 heteroatoms. The Labute approximate surface area is 161 Å². The molecule has 0 spiro atoms. The Kier molecular flexibility index (Phi) is 6.09. The van der Waals surface area contributed by atoms with Crippen molar-refractivity contribution in [2.75, 3.05) is 26.2 Å². The van der Waals surface area contributed by atoms with Crippen LogP contribution in [0.4, 0.5) is 8.78 Å². The Morgan fingerprint density at radius 3 is 2.52 bits per heavy atom. The van der Waals surface area contributed by atoms with Gasteiger partial charge in [-0.05, 0) is 30.2 Å². The van der Waals surface area contributed by atoms with Crippen molar-refractivity contribution in [3.05, 3.63) is 70.2 Å². The molecule has 4 nitrogen and oxygen atoms in total. The lowest BCUT2D eigenvalue weighted by Gasteiger charge is -2.49. The molecule has 1 heterocycles. The van der Waals surface area contributed by atoms with Crippen molar-refractivity contribution in [3.8, 4) is 0 Å². The third kappa shape index (κ3) is 4.64. The number of nitrogens with zero attached hydrogens (tertiary/aromatic N) is 1. The summed E-state index contributed by atoms with van der Waals surface area (Å²) in [5, 5.41) is 12.3. The lowest BCUT2D eigenvalue weighted by atomic mass is 9.73. The number of benzene rings is 2. The molecule has 2 aromatic carbocycles. The minimum Gasteiger partial charge on any atom is -0.395 e. The molecule has 1 aliphatic heterocycles. The molecule has 27 heavy (non-hydrogen) atoms. The van der Waals surface area contributed by atoms with Gasteiger partial charge in [0.05, 0.1) is 12.0 Å². The van der Waals surface area contributed by atoms with E-state index in [2.05, 4.69) is 5.32 Å². The lowest BCUT2D eigenvalue weighted by Crippen LogP contribution is -2.64. The molecule has 2 N–H and O–H groups in total. The highest BCUT2D eigenvalue weighted by Gasteiger charge is 2.48. The van der Waals surface area contributed by atoms with Gasteiger partial charge in [0.2, 0.25) is 5.91 Å². The zero-order valence-corrected chi connectivity index (χ0v) is 15.5. The van der Waals surface area contributed by atoms with Crippen LogP contribution in [0, 0.1) is 17.0 Å². The molecule has 1 fully saturated rings. The third-order valence-corrected chi connectivity index (χ3v) is 5.05. The summed E-state index contributed by atoms with van der Waals surface area (Å²) in [4.78, 5) is 14.6. The van der Waals surface area contributed by atoms with Gasteiger partial charge in [-0.25, -0.2) is 8.78 Å². The van der Waals surface area contributed by atoms with Crippen LogP contribution >= 0.6 is 11.6 Å². The number of carbonyl (C=O) groups excluding carboxylic acids is 1. The van der Waals surface area contributed by atoms with Gasteiger partial charge in [0.15, 0.2) is 0 Å². The second kappa shape index (κ2) is 8.33. The average molecular weight is 395 g/mol. The van der Waals surface area contributed by atoms with Gasteiger partial charge in [-0.3, -0.25) is 9.69 Å². The van der Waals surface area contributed by atoms with Gasteiger partial charge >= 0.3 is 0 Å². The zero-order valence-electron chi connectivity index (χ0n) is 14.7. The van der Waals surface area contributed by atoms with Crippen LogP contribution in [-0.4, -0.2) is 42.2 Å². The molecule has 1 amide bonds. The molecule has 0 saturated carbocycles. The summed E-state index contributed by atoms with van der Waals surface area (Å²) in [7, 11) is 0. The summed E-state index contributed by atoms with van der Waals surface area (Å²) in [5.41, 5.74) is 0.720. The van der Waals surface area contributed by atoms with Crippen LogP contribution < -0.4 is 5.32 Å². The zero-order chi connectivity index (χ0) is 19.4. The Morgan fingerprint density at radius 1 is 1.19 bits per heavy atom. The van der Waals surface area contributed by atoms with Gasteiger partial charge in [-0.15, -0.1) is 0 Å². The maximum Gasteiger partial charge on any atom is 0.229 e. The molecule has 0 radical (unpaired) electrons. The minimum absolute atomic E-state index is 0.132. The Hall–Kier alpha value is -2.02. The van der Waals surface area contributed by atoms with Crippen molar-refractivity contribution in [2.45, 2.75) is 13.0 Å². The summed E-state index contributed by atoms with van der Waals surface area (Å²) in [5.74, 6) is -1.34. The van der Waals surface area contributed by atoms with Gasteiger partial charge in [0, 0.05) is 42.8 Å². The molecule has 3 rings (SSSR count). The smallest absolute Gasteiger partial charge is 0.229 e. The van der Waals surface area contributed by atoms with Crippen molar-refractivity contribution in [1.29, 1.82) is 0 Å².